The zero-order valence-corrected chi connectivity index (χ0v) is 31.8. The predicted octanol–water partition coefficient (Wildman–Crippen LogP) is 2.93. The van der Waals surface area contributed by atoms with Crippen molar-refractivity contribution < 1.29 is 34.8 Å². The monoisotopic (exact) mass is 758 g/mol. The molecule has 2 fully saturated rings. The van der Waals surface area contributed by atoms with Gasteiger partial charge in [0.05, 0.1) is 17.6 Å². The zero-order valence-electron chi connectivity index (χ0n) is 31.0. The van der Waals surface area contributed by atoms with E-state index in [1.807, 2.05) is 25.2 Å². The average molecular weight is 759 g/mol. The third-order valence-corrected chi connectivity index (χ3v) is 11.6. The van der Waals surface area contributed by atoms with Crippen molar-refractivity contribution in [1.82, 2.24) is 14.8 Å². The molecule has 1 saturated heterocycles. The van der Waals surface area contributed by atoms with Gasteiger partial charge in [-0.25, -0.2) is 4.98 Å². The molecule has 1 amide bonds. The summed E-state index contributed by atoms with van der Waals surface area (Å²) >= 11 is 0. The number of amides is 1. The summed E-state index contributed by atoms with van der Waals surface area (Å²) in [5.74, 6) is -5.36. The number of halogens is 1. The molecule has 5 atom stereocenters. The number of hydrogen-bond acceptors (Lipinski definition) is 12. The number of carbonyl (C=O) groups is 3. The van der Waals surface area contributed by atoms with Gasteiger partial charge in [0.1, 0.15) is 28.7 Å². The maximum Gasteiger partial charge on any atom is 0.255 e. The first-order chi connectivity index (χ1) is 25.2. The number of ketones is 2. The van der Waals surface area contributed by atoms with Crippen LogP contribution in [0.3, 0.4) is 0 Å². The Kier molecular flexibility index (Phi) is 10.3. The van der Waals surface area contributed by atoms with Gasteiger partial charge in [-0.3, -0.25) is 19.3 Å². The molecule has 5 aliphatic rings. The molecular formula is C40H47ClN6O7. The van der Waals surface area contributed by atoms with Crippen LogP contribution in [0.25, 0.3) is 5.76 Å². The van der Waals surface area contributed by atoms with E-state index in [1.165, 1.54) is 33.5 Å². The van der Waals surface area contributed by atoms with Gasteiger partial charge < -0.3 is 40.9 Å². The molecule has 0 radical (unpaired) electrons. The minimum Gasteiger partial charge on any atom is -0.508 e. The second-order valence-corrected chi connectivity index (χ2v) is 15.1. The first kappa shape index (κ1) is 38.8. The maximum absolute atomic E-state index is 13.7. The Hall–Kier alpha value is -4.95. The summed E-state index contributed by atoms with van der Waals surface area (Å²) in [6.07, 6.45) is 3.24. The first-order valence-corrected chi connectivity index (χ1v) is 17.8. The summed E-state index contributed by atoms with van der Waals surface area (Å²) in [5.41, 5.74) is 7.42. The highest BCUT2D eigenvalue weighted by molar-refractivity contribution is 6.24. The lowest BCUT2D eigenvalue weighted by Crippen LogP contribution is -2.65. The normalized spacial score (nSPS) is 25.8. The summed E-state index contributed by atoms with van der Waals surface area (Å²) in [5, 5.41) is 43.9. The Morgan fingerprint density at radius 3 is 2.37 bits per heavy atom. The number of pyridine rings is 1. The van der Waals surface area contributed by atoms with Crippen LogP contribution in [-0.2, 0) is 27.2 Å². The number of aromatic nitrogens is 1. The molecular weight excluding hydrogens is 712 g/mol. The van der Waals surface area contributed by atoms with E-state index >= 15 is 0 Å². The van der Waals surface area contributed by atoms with Crippen LogP contribution in [0.15, 0.2) is 71.6 Å². The minimum atomic E-state index is -2.63. The summed E-state index contributed by atoms with van der Waals surface area (Å²) in [4.78, 5) is 51.6. The number of aliphatic hydroxyl groups is 3. The minimum absolute atomic E-state index is 0. The van der Waals surface area contributed by atoms with Crippen molar-refractivity contribution in [3.05, 3.63) is 99.5 Å². The van der Waals surface area contributed by atoms with Gasteiger partial charge in [-0.1, -0.05) is 30.3 Å². The van der Waals surface area contributed by atoms with Crippen molar-refractivity contribution in [3.63, 3.8) is 0 Å². The molecule has 14 heteroatoms. The number of phenols is 1. The molecule has 8 rings (SSSR count). The van der Waals surface area contributed by atoms with Gasteiger partial charge in [-0.2, -0.15) is 0 Å². The molecule has 3 aromatic rings. The summed E-state index contributed by atoms with van der Waals surface area (Å²) in [6.45, 7) is 3.24. The SMILES string of the molecule is CN(C)c1ccc(O)c2c1C[C@H]1C[C@H]3[C@H](N(C)C)C(=O)C(C(N)=O)=C(O)[C@@]3(O)C(=O)C1=C2O.CN1CCN2c3ncccc3Cc3ccccc3C2C1.Cl. The van der Waals surface area contributed by atoms with Crippen molar-refractivity contribution in [2.75, 3.05) is 64.7 Å². The van der Waals surface area contributed by atoms with Crippen LogP contribution in [0, 0.1) is 11.8 Å². The summed E-state index contributed by atoms with van der Waals surface area (Å²) in [7, 11) is 8.96. The largest absolute Gasteiger partial charge is 0.508 e. The lowest BCUT2D eigenvalue weighted by molar-refractivity contribution is -0.153. The van der Waals surface area contributed by atoms with Gasteiger partial charge in [0, 0.05) is 63.5 Å². The Balaban J connectivity index is 0.000000202. The maximum atomic E-state index is 13.7. The Morgan fingerprint density at radius 1 is 0.981 bits per heavy atom. The number of nitrogens with zero attached hydrogens (tertiary/aromatic N) is 5. The molecule has 1 saturated carbocycles. The molecule has 13 nitrogen and oxygen atoms in total. The van der Waals surface area contributed by atoms with E-state index < -0.39 is 58.0 Å². The highest BCUT2D eigenvalue weighted by Gasteiger charge is 2.64. The third-order valence-electron chi connectivity index (χ3n) is 11.6. The molecule has 0 bridgehead atoms. The second-order valence-electron chi connectivity index (χ2n) is 15.1. The molecule has 6 N–H and O–H groups in total. The number of piperazine rings is 1. The lowest BCUT2D eigenvalue weighted by Gasteiger charge is -2.50. The number of nitrogens with two attached hydrogens (primary N) is 1. The van der Waals surface area contributed by atoms with Crippen molar-refractivity contribution in [1.29, 1.82) is 0 Å². The standard InChI is InChI=1S/C23H27N3O7.C17H19N3.ClH/c1-25(2)12-5-6-13(27)15-10(12)7-9-8-11-17(26(3)4)19(29)16(22(24)32)21(31)23(11,33)20(30)14(9)18(15)28;1-19-9-10-20-16(12-19)15-7-3-2-5-13(15)11-14-6-4-8-18-17(14)20;/h5-6,9,11,17,27-28,31,33H,7-8H2,1-4H3,(H2,24,32);2-8,16H,9-12H2,1H3;1H/t9-,11-,17-,23-;;/m0../s1. The molecule has 3 aliphatic carbocycles. The van der Waals surface area contributed by atoms with E-state index in [9.17, 15) is 34.8 Å². The molecule has 54 heavy (non-hydrogen) atoms. The Bertz CT molecular complexity index is 2100. The number of fused-ring (bicyclic) bond motifs is 8. The number of aromatic hydroxyl groups is 1. The number of benzene rings is 2. The highest BCUT2D eigenvalue weighted by Crippen LogP contribution is 2.53. The Labute approximate surface area is 320 Å². The smallest absolute Gasteiger partial charge is 0.255 e. The van der Waals surface area contributed by atoms with Crippen LogP contribution < -0.4 is 15.5 Å². The molecule has 0 spiro atoms. The van der Waals surface area contributed by atoms with Gasteiger partial charge in [0.15, 0.2) is 11.4 Å². The zero-order chi connectivity index (χ0) is 38.1. The van der Waals surface area contributed by atoms with Gasteiger partial charge in [0.25, 0.3) is 5.91 Å². The van der Waals surface area contributed by atoms with Crippen LogP contribution >= 0.6 is 12.4 Å². The van der Waals surface area contributed by atoms with Crippen LogP contribution in [0.1, 0.15) is 40.3 Å². The molecule has 2 aliphatic heterocycles. The molecule has 2 aromatic carbocycles. The number of carbonyl (C=O) groups excluding carboxylic acids is 3. The molecule has 3 heterocycles. The highest BCUT2D eigenvalue weighted by atomic mass is 35.5. The fraction of sp³-hybridized carbons (Fsp3) is 0.400. The number of rotatable bonds is 3. The van der Waals surface area contributed by atoms with Crippen LogP contribution in [-0.4, -0.2) is 119 Å². The van der Waals surface area contributed by atoms with E-state index in [2.05, 4.69) is 58.2 Å². The van der Waals surface area contributed by atoms with Gasteiger partial charge in [0.2, 0.25) is 5.78 Å². The van der Waals surface area contributed by atoms with E-state index in [-0.39, 0.29) is 42.1 Å². The predicted molar refractivity (Wildman–Crippen MR) is 207 cm³/mol. The number of likely N-dealkylation sites (N-methyl/N-ethyl adjacent to an activating group) is 2. The number of phenolic OH excluding ortho intramolecular Hbond substituents is 1. The fourth-order valence-electron chi connectivity index (χ4n) is 9.14. The average Bonchev–Trinajstić information content (AvgIpc) is 3.24. The van der Waals surface area contributed by atoms with E-state index in [1.54, 1.807) is 20.2 Å². The fourth-order valence-corrected chi connectivity index (χ4v) is 9.14. The number of Topliss-reactive ketones (excluding diaryl/α,β-unsaturated/α-hetero) is 2. The Morgan fingerprint density at radius 2 is 1.69 bits per heavy atom. The van der Waals surface area contributed by atoms with Crippen molar-refractivity contribution >= 4 is 47.1 Å². The molecule has 1 aromatic heterocycles. The first-order valence-electron chi connectivity index (χ1n) is 17.8. The van der Waals surface area contributed by atoms with Gasteiger partial charge >= 0.3 is 0 Å². The van der Waals surface area contributed by atoms with Crippen LogP contribution in [0.2, 0.25) is 0 Å². The molecule has 1 unspecified atom stereocenters. The van der Waals surface area contributed by atoms with Crippen LogP contribution in [0.5, 0.6) is 5.75 Å². The number of primary amides is 1. The summed E-state index contributed by atoms with van der Waals surface area (Å²) in [6, 6.07) is 15.6. The summed E-state index contributed by atoms with van der Waals surface area (Å²) < 4.78 is 0. The topological polar surface area (TPSA) is 184 Å². The third kappa shape index (κ3) is 5.99. The van der Waals surface area contributed by atoms with Crippen LogP contribution in [0.4, 0.5) is 11.5 Å². The number of aliphatic hydroxyl groups excluding tert-OH is 2. The van der Waals surface area contributed by atoms with E-state index in [4.69, 9.17) is 5.73 Å². The molecule has 286 valence electrons. The second kappa shape index (κ2) is 14.4. The van der Waals surface area contributed by atoms with Gasteiger partial charge in [-0.15, -0.1) is 12.4 Å². The lowest BCUT2D eigenvalue weighted by atomic mass is 9.57. The quantitative estimate of drug-likeness (QED) is 0.247. The number of hydrogen-bond donors (Lipinski definition) is 5. The van der Waals surface area contributed by atoms with Crippen molar-refractivity contribution in [2.24, 2.45) is 17.6 Å². The van der Waals surface area contributed by atoms with E-state index in [0.717, 1.165) is 31.7 Å². The van der Waals surface area contributed by atoms with Crippen molar-refractivity contribution in [3.8, 4) is 5.75 Å². The van der Waals surface area contributed by atoms with Gasteiger partial charge in [-0.05, 0) is 80.4 Å². The van der Waals surface area contributed by atoms with E-state index in [0.29, 0.717) is 11.6 Å². The van der Waals surface area contributed by atoms with Crippen molar-refractivity contribution in [2.45, 2.75) is 36.9 Å². The number of anilines is 2.